The fourth-order valence-electron chi connectivity index (χ4n) is 2.26. The predicted octanol–water partition coefficient (Wildman–Crippen LogP) is 5.45. The van der Waals surface area contributed by atoms with E-state index in [1.54, 1.807) is 23.5 Å². The Balaban J connectivity index is 2.08. The second-order valence-electron chi connectivity index (χ2n) is 4.89. The number of aryl methyl sites for hydroxylation is 1. The molecule has 2 rings (SSSR count). The first kappa shape index (κ1) is 14.7. The van der Waals surface area contributed by atoms with Crippen LogP contribution in [0.4, 0.5) is 5.69 Å². The molecule has 20 heavy (non-hydrogen) atoms. The molecular formula is C16H19NO2S. The monoisotopic (exact) mass is 289 g/mol. The normalized spacial score (nSPS) is 10.7. The highest BCUT2D eigenvalue weighted by Gasteiger charge is 2.09. The number of nitro groups is 1. The van der Waals surface area contributed by atoms with Crippen molar-refractivity contribution >= 4 is 17.0 Å². The lowest BCUT2D eigenvalue weighted by atomic mass is 10.0. The van der Waals surface area contributed by atoms with Crippen molar-refractivity contribution in [3.05, 3.63) is 51.4 Å². The highest BCUT2D eigenvalue weighted by atomic mass is 32.1. The van der Waals surface area contributed by atoms with Gasteiger partial charge in [-0.05, 0) is 47.5 Å². The smallest absolute Gasteiger partial charge is 0.258 e. The number of non-ortho nitro benzene ring substituents is 1. The highest BCUT2D eigenvalue weighted by Crippen LogP contribution is 2.31. The molecule has 0 aliphatic heterocycles. The van der Waals surface area contributed by atoms with E-state index < -0.39 is 0 Å². The van der Waals surface area contributed by atoms with Crippen LogP contribution in [0.3, 0.4) is 0 Å². The summed E-state index contributed by atoms with van der Waals surface area (Å²) in [5.74, 6) is 0. The second kappa shape index (κ2) is 7.20. The van der Waals surface area contributed by atoms with Crippen LogP contribution in [0.25, 0.3) is 10.4 Å². The van der Waals surface area contributed by atoms with Gasteiger partial charge in [0.2, 0.25) is 0 Å². The minimum absolute atomic E-state index is 0.148. The van der Waals surface area contributed by atoms with Gasteiger partial charge in [0.25, 0.3) is 5.69 Å². The molecule has 0 N–H and O–H groups in total. The van der Waals surface area contributed by atoms with E-state index in [9.17, 15) is 10.1 Å². The fourth-order valence-corrected chi connectivity index (χ4v) is 3.22. The van der Waals surface area contributed by atoms with Gasteiger partial charge in [-0.15, -0.1) is 11.3 Å². The van der Waals surface area contributed by atoms with Gasteiger partial charge in [-0.25, -0.2) is 0 Å². The molecule has 1 heterocycles. The number of rotatable bonds is 7. The molecule has 0 fully saturated rings. The Hall–Kier alpha value is -1.68. The third-order valence-electron chi connectivity index (χ3n) is 3.39. The van der Waals surface area contributed by atoms with Crippen LogP contribution >= 0.6 is 11.3 Å². The maximum absolute atomic E-state index is 10.7. The first-order chi connectivity index (χ1) is 9.72. The Kier molecular flexibility index (Phi) is 5.30. The van der Waals surface area contributed by atoms with Gasteiger partial charge in [-0.3, -0.25) is 10.1 Å². The summed E-state index contributed by atoms with van der Waals surface area (Å²) in [6.45, 7) is 2.22. The molecule has 0 radical (unpaired) electrons. The lowest BCUT2D eigenvalue weighted by Gasteiger charge is -2.04. The zero-order valence-corrected chi connectivity index (χ0v) is 12.5. The van der Waals surface area contributed by atoms with Crippen molar-refractivity contribution in [2.75, 3.05) is 0 Å². The van der Waals surface area contributed by atoms with Gasteiger partial charge in [0, 0.05) is 17.0 Å². The summed E-state index contributed by atoms with van der Waals surface area (Å²) < 4.78 is 0. The first-order valence-corrected chi connectivity index (χ1v) is 7.91. The molecular weight excluding hydrogens is 270 g/mol. The van der Waals surface area contributed by atoms with Gasteiger partial charge in [0.1, 0.15) is 0 Å². The van der Waals surface area contributed by atoms with Crippen molar-refractivity contribution in [3.63, 3.8) is 0 Å². The summed E-state index contributed by atoms with van der Waals surface area (Å²) in [7, 11) is 0. The Bertz CT molecular complexity index is 560. The minimum atomic E-state index is -0.357. The minimum Gasteiger partial charge on any atom is -0.258 e. The van der Waals surface area contributed by atoms with Crippen LogP contribution < -0.4 is 0 Å². The number of unbranched alkanes of at least 4 members (excludes halogenated alkanes) is 3. The van der Waals surface area contributed by atoms with E-state index in [0.29, 0.717) is 0 Å². The molecule has 0 amide bonds. The van der Waals surface area contributed by atoms with Gasteiger partial charge in [0.05, 0.1) is 4.92 Å². The van der Waals surface area contributed by atoms with Crippen LogP contribution in [-0.2, 0) is 6.42 Å². The van der Waals surface area contributed by atoms with Gasteiger partial charge < -0.3 is 0 Å². The molecule has 0 bridgehead atoms. The molecule has 106 valence electrons. The zero-order valence-electron chi connectivity index (χ0n) is 11.7. The number of nitro benzene ring substituents is 1. The van der Waals surface area contributed by atoms with Gasteiger partial charge >= 0.3 is 0 Å². The summed E-state index contributed by atoms with van der Waals surface area (Å²) in [6, 6.07) is 9.03. The standard InChI is InChI=1S/C16H19NO2S/c1-2-3-4-5-6-13-11-12-20-16(13)14-7-9-15(10-8-14)17(18)19/h7-12H,2-6H2,1H3. The number of hydrogen-bond acceptors (Lipinski definition) is 3. The van der Waals surface area contributed by atoms with Crippen LogP contribution in [0.15, 0.2) is 35.7 Å². The molecule has 4 heteroatoms. The van der Waals surface area contributed by atoms with Gasteiger partial charge in [0.15, 0.2) is 0 Å². The Labute approximate surface area is 123 Å². The predicted molar refractivity (Wildman–Crippen MR) is 84.3 cm³/mol. The van der Waals surface area contributed by atoms with Crippen LogP contribution in [0, 0.1) is 10.1 Å². The topological polar surface area (TPSA) is 43.1 Å². The van der Waals surface area contributed by atoms with Crippen molar-refractivity contribution in [2.24, 2.45) is 0 Å². The van der Waals surface area contributed by atoms with Crippen molar-refractivity contribution in [1.82, 2.24) is 0 Å². The van der Waals surface area contributed by atoms with Crippen LogP contribution in [0.5, 0.6) is 0 Å². The fraction of sp³-hybridized carbons (Fsp3) is 0.375. The first-order valence-electron chi connectivity index (χ1n) is 7.03. The number of thiophene rings is 1. The molecule has 0 aliphatic carbocycles. The van der Waals surface area contributed by atoms with Crippen molar-refractivity contribution in [3.8, 4) is 10.4 Å². The summed E-state index contributed by atoms with van der Waals surface area (Å²) in [4.78, 5) is 11.6. The van der Waals surface area contributed by atoms with E-state index >= 15 is 0 Å². The van der Waals surface area contributed by atoms with E-state index in [1.165, 1.54) is 36.1 Å². The number of benzene rings is 1. The molecule has 0 aliphatic rings. The molecule has 1 aromatic carbocycles. The lowest BCUT2D eigenvalue weighted by molar-refractivity contribution is -0.384. The van der Waals surface area contributed by atoms with E-state index in [4.69, 9.17) is 0 Å². The molecule has 0 saturated carbocycles. The summed E-state index contributed by atoms with van der Waals surface area (Å²) >= 11 is 1.71. The second-order valence-corrected chi connectivity index (χ2v) is 5.81. The number of nitrogens with zero attached hydrogens (tertiary/aromatic N) is 1. The van der Waals surface area contributed by atoms with E-state index in [2.05, 4.69) is 18.4 Å². The molecule has 0 saturated heterocycles. The summed E-state index contributed by atoms with van der Waals surface area (Å²) in [5, 5.41) is 12.8. The number of hydrogen-bond donors (Lipinski definition) is 0. The van der Waals surface area contributed by atoms with Gasteiger partial charge in [-0.2, -0.15) is 0 Å². The third kappa shape index (κ3) is 3.67. The maximum atomic E-state index is 10.7. The Morgan fingerprint density at radius 3 is 2.50 bits per heavy atom. The van der Waals surface area contributed by atoms with Crippen molar-refractivity contribution < 1.29 is 4.92 Å². The largest absolute Gasteiger partial charge is 0.269 e. The average molecular weight is 289 g/mol. The average Bonchev–Trinajstić information content (AvgIpc) is 2.92. The van der Waals surface area contributed by atoms with Crippen LogP contribution in [0.1, 0.15) is 38.2 Å². The Morgan fingerprint density at radius 2 is 1.85 bits per heavy atom. The lowest BCUT2D eigenvalue weighted by Crippen LogP contribution is -1.88. The van der Waals surface area contributed by atoms with Crippen LogP contribution in [-0.4, -0.2) is 4.92 Å². The maximum Gasteiger partial charge on any atom is 0.269 e. The molecule has 0 atom stereocenters. The van der Waals surface area contributed by atoms with E-state index in [1.807, 2.05) is 12.1 Å². The molecule has 0 spiro atoms. The summed E-state index contributed by atoms with van der Waals surface area (Å²) in [6.07, 6.45) is 6.11. The molecule has 2 aromatic rings. The van der Waals surface area contributed by atoms with Crippen molar-refractivity contribution in [2.45, 2.75) is 39.0 Å². The SMILES string of the molecule is CCCCCCc1ccsc1-c1ccc([N+](=O)[O-])cc1. The zero-order chi connectivity index (χ0) is 14.4. The van der Waals surface area contributed by atoms with E-state index in [-0.39, 0.29) is 10.6 Å². The Morgan fingerprint density at radius 1 is 1.10 bits per heavy atom. The quantitative estimate of drug-likeness (QED) is 0.386. The van der Waals surface area contributed by atoms with E-state index in [0.717, 1.165) is 12.0 Å². The van der Waals surface area contributed by atoms with Gasteiger partial charge in [-0.1, -0.05) is 26.2 Å². The molecule has 0 unspecified atom stereocenters. The third-order valence-corrected chi connectivity index (χ3v) is 4.39. The molecule has 3 nitrogen and oxygen atoms in total. The molecule has 1 aromatic heterocycles. The summed E-state index contributed by atoms with van der Waals surface area (Å²) in [5.41, 5.74) is 2.59. The van der Waals surface area contributed by atoms with Crippen LogP contribution in [0.2, 0.25) is 0 Å². The van der Waals surface area contributed by atoms with Crippen molar-refractivity contribution in [1.29, 1.82) is 0 Å². The highest BCUT2D eigenvalue weighted by molar-refractivity contribution is 7.13.